The summed E-state index contributed by atoms with van der Waals surface area (Å²) in [6.07, 6.45) is 0.197. The lowest BCUT2D eigenvalue weighted by atomic mass is 10.1. The number of carbonyl (C=O) groups excluding carboxylic acids is 1. The monoisotopic (exact) mass is 478 g/mol. The van der Waals surface area contributed by atoms with Gasteiger partial charge in [0, 0.05) is 12.4 Å². The number of rotatable bonds is 6. The van der Waals surface area contributed by atoms with Gasteiger partial charge in [-0.1, -0.05) is 54.1 Å². The van der Waals surface area contributed by atoms with Gasteiger partial charge in [-0.05, 0) is 29.8 Å². The van der Waals surface area contributed by atoms with E-state index in [0.717, 1.165) is 42.3 Å². The lowest BCUT2D eigenvalue weighted by Crippen LogP contribution is -2.32. The molecule has 5 aromatic rings. The Kier molecular flexibility index (Phi) is 5.78. The molecule has 0 saturated heterocycles. The first kappa shape index (κ1) is 20.9. The predicted molar refractivity (Wildman–Crippen MR) is 131 cm³/mol. The van der Waals surface area contributed by atoms with E-state index in [0.29, 0.717) is 0 Å². The normalized spacial score (nSPS) is 12.2. The van der Waals surface area contributed by atoms with Crippen LogP contribution in [0.25, 0.3) is 20.9 Å². The Morgan fingerprint density at radius 2 is 1.84 bits per heavy atom. The number of imidazole rings is 1. The summed E-state index contributed by atoms with van der Waals surface area (Å²) in [7, 11) is 1.98. The van der Waals surface area contributed by atoms with Crippen molar-refractivity contribution < 1.29 is 4.79 Å². The van der Waals surface area contributed by atoms with Crippen molar-refractivity contribution in [2.45, 2.75) is 12.5 Å². The number of thiophene rings is 1. The maximum absolute atomic E-state index is 13.0. The Morgan fingerprint density at radius 1 is 1.06 bits per heavy atom. The van der Waals surface area contributed by atoms with E-state index in [1.807, 2.05) is 83.7 Å². The molecule has 160 valence electrons. The Labute approximate surface area is 198 Å². The number of para-hydroxylation sites is 2. The molecule has 5 nitrogen and oxygen atoms in total. The first-order valence-corrected chi connectivity index (χ1v) is 12.1. The third kappa shape index (κ3) is 4.19. The molecule has 0 saturated carbocycles. The number of fused-ring (bicyclic) bond motifs is 1. The molecule has 1 N–H and O–H groups in total. The number of thiazole rings is 1. The van der Waals surface area contributed by atoms with Crippen LogP contribution in [0.3, 0.4) is 0 Å². The Morgan fingerprint density at radius 3 is 2.59 bits per heavy atom. The van der Waals surface area contributed by atoms with Crippen LogP contribution in [0.4, 0.5) is 0 Å². The standard InChI is InChI=1S/C24H19ClN4OS2/c1-29-18-10-6-5-9-17(18)27-23(29)22(15-7-3-2-4-8-15)28-21(30)13-16-14-31-24(26-16)19-11-12-20(25)32-19/h2-12,14,22H,13H2,1H3,(H,28,30). The highest BCUT2D eigenvalue weighted by Crippen LogP contribution is 2.33. The van der Waals surface area contributed by atoms with E-state index < -0.39 is 0 Å². The lowest BCUT2D eigenvalue weighted by molar-refractivity contribution is -0.121. The van der Waals surface area contributed by atoms with Gasteiger partial charge < -0.3 is 9.88 Å². The fourth-order valence-electron chi connectivity index (χ4n) is 3.67. The quantitative estimate of drug-likeness (QED) is 0.332. The highest BCUT2D eigenvalue weighted by atomic mass is 35.5. The Balaban J connectivity index is 1.41. The molecule has 0 fully saturated rings. The maximum atomic E-state index is 13.0. The summed E-state index contributed by atoms with van der Waals surface area (Å²) in [6, 6.07) is 21.3. The van der Waals surface area contributed by atoms with Crippen LogP contribution in [-0.2, 0) is 18.3 Å². The average Bonchev–Trinajstić information content (AvgIpc) is 3.52. The van der Waals surface area contributed by atoms with Crippen molar-refractivity contribution in [1.82, 2.24) is 19.9 Å². The maximum Gasteiger partial charge on any atom is 0.226 e. The van der Waals surface area contributed by atoms with Gasteiger partial charge in [-0.25, -0.2) is 9.97 Å². The topological polar surface area (TPSA) is 59.8 Å². The molecular formula is C24H19ClN4OS2. The molecule has 3 heterocycles. The molecule has 0 radical (unpaired) electrons. The van der Waals surface area contributed by atoms with Crippen LogP contribution in [0, 0.1) is 0 Å². The van der Waals surface area contributed by atoms with Gasteiger partial charge in [0.05, 0.1) is 32.4 Å². The van der Waals surface area contributed by atoms with Crippen LogP contribution >= 0.6 is 34.3 Å². The van der Waals surface area contributed by atoms with E-state index in [2.05, 4.69) is 10.3 Å². The molecule has 0 spiro atoms. The molecule has 8 heteroatoms. The molecular weight excluding hydrogens is 460 g/mol. The summed E-state index contributed by atoms with van der Waals surface area (Å²) in [5, 5.41) is 5.98. The van der Waals surface area contributed by atoms with Crippen LogP contribution in [-0.4, -0.2) is 20.4 Å². The van der Waals surface area contributed by atoms with Gasteiger partial charge in [-0.15, -0.1) is 22.7 Å². The van der Waals surface area contributed by atoms with Crippen molar-refractivity contribution in [3.63, 3.8) is 0 Å². The van der Waals surface area contributed by atoms with Crippen molar-refractivity contribution in [2.75, 3.05) is 0 Å². The van der Waals surface area contributed by atoms with Gasteiger partial charge in [0.25, 0.3) is 0 Å². The number of nitrogens with zero attached hydrogens (tertiary/aromatic N) is 3. The number of amides is 1. The van der Waals surface area contributed by atoms with Crippen LogP contribution < -0.4 is 5.32 Å². The molecule has 5 rings (SSSR count). The summed E-state index contributed by atoms with van der Waals surface area (Å²) in [4.78, 5) is 23.5. The highest BCUT2D eigenvalue weighted by molar-refractivity contribution is 7.23. The molecule has 0 bridgehead atoms. The minimum atomic E-state index is -0.365. The second kappa shape index (κ2) is 8.86. The molecule has 1 amide bonds. The average molecular weight is 479 g/mol. The Bertz CT molecular complexity index is 1390. The molecule has 1 atom stereocenters. The second-order valence-corrected chi connectivity index (χ2v) is 9.93. The molecule has 0 aliphatic heterocycles. The first-order chi connectivity index (χ1) is 15.6. The van der Waals surface area contributed by atoms with E-state index in [1.165, 1.54) is 22.7 Å². The number of halogens is 1. The summed E-state index contributed by atoms with van der Waals surface area (Å²) in [5.41, 5.74) is 3.64. The third-order valence-electron chi connectivity index (χ3n) is 5.20. The number of aromatic nitrogens is 3. The number of aryl methyl sites for hydroxylation is 1. The molecule has 0 aliphatic carbocycles. The van der Waals surface area contributed by atoms with Gasteiger partial charge in [0.1, 0.15) is 16.9 Å². The Hall–Kier alpha value is -3.00. The summed E-state index contributed by atoms with van der Waals surface area (Å²) >= 11 is 9.04. The van der Waals surface area contributed by atoms with Gasteiger partial charge in [-0.2, -0.15) is 0 Å². The minimum Gasteiger partial charge on any atom is -0.342 e. The van der Waals surface area contributed by atoms with Crippen LogP contribution in [0.5, 0.6) is 0 Å². The first-order valence-electron chi connectivity index (χ1n) is 10.0. The van der Waals surface area contributed by atoms with Crippen molar-refractivity contribution in [3.8, 4) is 9.88 Å². The molecule has 32 heavy (non-hydrogen) atoms. The molecule has 2 aromatic carbocycles. The van der Waals surface area contributed by atoms with E-state index in [9.17, 15) is 4.79 Å². The predicted octanol–water partition coefficient (Wildman–Crippen LogP) is 5.86. The second-order valence-electron chi connectivity index (χ2n) is 7.35. The van der Waals surface area contributed by atoms with Crippen molar-refractivity contribution >= 4 is 51.2 Å². The zero-order valence-corrected chi connectivity index (χ0v) is 19.5. The summed E-state index contributed by atoms with van der Waals surface area (Å²) < 4.78 is 2.76. The summed E-state index contributed by atoms with van der Waals surface area (Å²) in [5.74, 6) is 0.685. The fraction of sp³-hybridized carbons (Fsp3) is 0.125. The number of hydrogen-bond acceptors (Lipinski definition) is 5. The van der Waals surface area contributed by atoms with E-state index >= 15 is 0 Å². The van der Waals surface area contributed by atoms with Gasteiger partial charge in [0.15, 0.2) is 0 Å². The minimum absolute atomic E-state index is 0.105. The van der Waals surface area contributed by atoms with Gasteiger partial charge in [0.2, 0.25) is 5.91 Å². The molecule has 0 aliphatic rings. The van der Waals surface area contributed by atoms with E-state index in [-0.39, 0.29) is 18.4 Å². The molecule has 3 aromatic heterocycles. The third-order valence-corrected chi connectivity index (χ3v) is 7.49. The van der Waals surface area contributed by atoms with Crippen LogP contribution in [0.1, 0.15) is 23.1 Å². The van der Waals surface area contributed by atoms with Crippen LogP contribution in [0.2, 0.25) is 4.34 Å². The smallest absolute Gasteiger partial charge is 0.226 e. The fourth-order valence-corrected chi connectivity index (χ4v) is 5.61. The van der Waals surface area contributed by atoms with Crippen molar-refractivity contribution in [3.05, 3.63) is 93.5 Å². The molecule has 1 unspecified atom stereocenters. The van der Waals surface area contributed by atoms with Gasteiger partial charge >= 0.3 is 0 Å². The number of carbonyl (C=O) groups is 1. The lowest BCUT2D eigenvalue weighted by Gasteiger charge is -2.19. The summed E-state index contributed by atoms with van der Waals surface area (Å²) in [6.45, 7) is 0. The number of hydrogen-bond donors (Lipinski definition) is 1. The van der Waals surface area contributed by atoms with E-state index in [4.69, 9.17) is 16.6 Å². The van der Waals surface area contributed by atoms with E-state index in [1.54, 1.807) is 0 Å². The SMILES string of the molecule is Cn1c(C(NC(=O)Cc2csc(-c3ccc(Cl)s3)n2)c2ccccc2)nc2ccccc21. The van der Waals surface area contributed by atoms with Crippen LogP contribution in [0.15, 0.2) is 72.1 Å². The van der Waals surface area contributed by atoms with Crippen molar-refractivity contribution in [1.29, 1.82) is 0 Å². The number of benzene rings is 2. The van der Waals surface area contributed by atoms with Crippen molar-refractivity contribution in [2.24, 2.45) is 7.05 Å². The largest absolute Gasteiger partial charge is 0.342 e. The number of nitrogens with one attached hydrogen (secondary N) is 1. The highest BCUT2D eigenvalue weighted by Gasteiger charge is 2.23. The van der Waals surface area contributed by atoms with Gasteiger partial charge in [-0.3, -0.25) is 4.79 Å². The zero-order chi connectivity index (χ0) is 22.1. The zero-order valence-electron chi connectivity index (χ0n) is 17.2.